The molecular weight excluding hydrogens is 368 g/mol. The molecule has 2 aromatic rings. The third kappa shape index (κ3) is 4.28. The minimum atomic E-state index is -0.779. The highest BCUT2D eigenvalue weighted by atomic mass is 19.1. The van der Waals surface area contributed by atoms with Crippen LogP contribution in [0.1, 0.15) is 18.5 Å². The highest BCUT2D eigenvalue weighted by molar-refractivity contribution is 5.95. The van der Waals surface area contributed by atoms with E-state index in [1.54, 1.807) is 31.2 Å². The quantitative estimate of drug-likeness (QED) is 0.665. The van der Waals surface area contributed by atoms with E-state index in [0.29, 0.717) is 5.56 Å². The van der Waals surface area contributed by atoms with Crippen LogP contribution in [0, 0.1) is 11.6 Å². The molecule has 0 spiro atoms. The smallest absolute Gasteiger partial charge is 0.338 e. The van der Waals surface area contributed by atoms with Crippen molar-refractivity contribution in [1.29, 1.82) is 0 Å². The van der Waals surface area contributed by atoms with Crippen molar-refractivity contribution in [3.05, 3.63) is 77.0 Å². The first-order valence-corrected chi connectivity index (χ1v) is 8.71. The summed E-state index contributed by atoms with van der Waals surface area (Å²) < 4.78 is 32.1. The molecule has 0 fully saturated rings. The molecule has 0 aliphatic carbocycles. The van der Waals surface area contributed by atoms with Crippen molar-refractivity contribution >= 4 is 17.7 Å². The van der Waals surface area contributed by atoms with Crippen LogP contribution in [0.2, 0.25) is 0 Å². The van der Waals surface area contributed by atoms with Crippen LogP contribution >= 0.6 is 0 Å². The Morgan fingerprint density at radius 1 is 1.18 bits per heavy atom. The van der Waals surface area contributed by atoms with Crippen LogP contribution in [0.15, 0.2) is 59.8 Å². The molecular formula is C20H19F2N3O3. The molecule has 28 heavy (non-hydrogen) atoms. The summed E-state index contributed by atoms with van der Waals surface area (Å²) in [4.78, 5) is 24.7. The van der Waals surface area contributed by atoms with E-state index < -0.39 is 29.7 Å². The monoisotopic (exact) mass is 387 g/mol. The molecule has 1 aliphatic heterocycles. The number of ether oxygens (including phenoxy) is 1. The van der Waals surface area contributed by atoms with Gasteiger partial charge in [-0.2, -0.15) is 0 Å². The van der Waals surface area contributed by atoms with E-state index in [-0.39, 0.29) is 30.1 Å². The van der Waals surface area contributed by atoms with E-state index in [4.69, 9.17) is 4.74 Å². The first-order valence-electron chi connectivity index (χ1n) is 8.71. The largest absolute Gasteiger partial charge is 0.463 e. The van der Waals surface area contributed by atoms with Gasteiger partial charge in [-0.3, -0.25) is 0 Å². The van der Waals surface area contributed by atoms with Gasteiger partial charge < -0.3 is 20.7 Å². The highest BCUT2D eigenvalue weighted by Gasteiger charge is 2.33. The van der Waals surface area contributed by atoms with Crippen molar-refractivity contribution < 1.29 is 23.1 Å². The number of carbonyl (C=O) groups excluding carboxylic acids is 2. The fourth-order valence-corrected chi connectivity index (χ4v) is 2.92. The molecule has 0 bridgehead atoms. The molecule has 2 aromatic carbocycles. The van der Waals surface area contributed by atoms with E-state index in [0.717, 1.165) is 12.1 Å². The predicted octanol–water partition coefficient (Wildman–Crippen LogP) is 3.25. The average Bonchev–Trinajstić information content (AvgIpc) is 2.67. The molecule has 3 N–H and O–H groups in total. The second-order valence-corrected chi connectivity index (χ2v) is 6.03. The number of hydrogen-bond acceptors (Lipinski definition) is 4. The molecule has 2 amide bonds. The second-order valence-electron chi connectivity index (χ2n) is 6.03. The third-order valence-corrected chi connectivity index (χ3v) is 4.17. The molecule has 1 aliphatic rings. The van der Waals surface area contributed by atoms with E-state index in [9.17, 15) is 18.4 Å². The lowest BCUT2D eigenvalue weighted by Crippen LogP contribution is -2.47. The number of halogens is 2. The van der Waals surface area contributed by atoms with E-state index in [1.807, 2.05) is 6.07 Å². The summed E-state index contributed by atoms with van der Waals surface area (Å²) >= 11 is 0. The Labute approximate surface area is 160 Å². The zero-order chi connectivity index (χ0) is 20.1. The van der Waals surface area contributed by atoms with Crippen LogP contribution in [-0.4, -0.2) is 25.2 Å². The van der Waals surface area contributed by atoms with Gasteiger partial charge in [-0.25, -0.2) is 18.4 Å². The number of rotatable bonds is 6. The number of anilines is 1. The van der Waals surface area contributed by atoms with Crippen LogP contribution in [-0.2, 0) is 9.53 Å². The maximum absolute atomic E-state index is 13.9. The SMILES string of the molecule is CCOC(=O)C1=C(CNc2ccc(F)cc2F)NC(=O)N[C@H]1c1ccccc1. The molecule has 0 aromatic heterocycles. The molecule has 0 unspecified atom stereocenters. The van der Waals surface area contributed by atoms with E-state index in [1.165, 1.54) is 6.07 Å². The lowest BCUT2D eigenvalue weighted by Gasteiger charge is -2.29. The lowest BCUT2D eigenvalue weighted by atomic mass is 9.95. The summed E-state index contributed by atoms with van der Waals surface area (Å²) in [6.07, 6.45) is 0. The Morgan fingerprint density at radius 3 is 2.61 bits per heavy atom. The number of carbonyl (C=O) groups is 2. The van der Waals surface area contributed by atoms with Crippen LogP contribution in [0.3, 0.4) is 0 Å². The number of amides is 2. The summed E-state index contributed by atoms with van der Waals surface area (Å²) in [7, 11) is 0. The number of urea groups is 1. The Morgan fingerprint density at radius 2 is 1.93 bits per heavy atom. The minimum Gasteiger partial charge on any atom is -0.463 e. The van der Waals surface area contributed by atoms with Gasteiger partial charge in [-0.1, -0.05) is 30.3 Å². The summed E-state index contributed by atoms with van der Waals surface area (Å²) in [6.45, 7) is 1.77. The van der Waals surface area contributed by atoms with Crippen molar-refractivity contribution in [2.75, 3.05) is 18.5 Å². The molecule has 8 heteroatoms. The summed E-state index contributed by atoms with van der Waals surface area (Å²) in [5.41, 5.74) is 1.20. The van der Waals surface area contributed by atoms with Crippen LogP contribution < -0.4 is 16.0 Å². The van der Waals surface area contributed by atoms with Crippen LogP contribution in [0.25, 0.3) is 0 Å². The van der Waals surface area contributed by atoms with Crippen molar-refractivity contribution in [3.8, 4) is 0 Å². The fraction of sp³-hybridized carbons (Fsp3) is 0.200. The standard InChI is InChI=1S/C20H19F2N3O3/c1-2-28-19(26)17-16(11-23-15-9-8-13(21)10-14(15)22)24-20(27)25-18(17)12-6-4-3-5-7-12/h3-10,18,23H,2,11H2,1H3,(H2,24,25,27)/t18-/m0/s1. The first kappa shape index (κ1) is 19.3. The fourth-order valence-electron chi connectivity index (χ4n) is 2.92. The molecule has 3 rings (SSSR count). The topological polar surface area (TPSA) is 79.5 Å². The van der Waals surface area contributed by atoms with Gasteiger partial charge in [0, 0.05) is 6.07 Å². The van der Waals surface area contributed by atoms with Crippen molar-refractivity contribution in [2.24, 2.45) is 0 Å². The Balaban J connectivity index is 1.96. The van der Waals surface area contributed by atoms with Gasteiger partial charge in [0.15, 0.2) is 0 Å². The molecule has 0 saturated heterocycles. The zero-order valence-corrected chi connectivity index (χ0v) is 15.1. The lowest BCUT2D eigenvalue weighted by molar-refractivity contribution is -0.139. The van der Waals surface area contributed by atoms with Gasteiger partial charge in [0.05, 0.1) is 36.2 Å². The van der Waals surface area contributed by atoms with Crippen molar-refractivity contribution in [3.63, 3.8) is 0 Å². The van der Waals surface area contributed by atoms with Gasteiger partial charge in [0.1, 0.15) is 11.6 Å². The Bertz CT molecular complexity index is 916. The van der Waals surface area contributed by atoms with Gasteiger partial charge in [-0.15, -0.1) is 0 Å². The number of benzene rings is 2. The first-order chi connectivity index (χ1) is 13.5. The number of nitrogens with one attached hydrogen (secondary N) is 3. The summed E-state index contributed by atoms with van der Waals surface area (Å²) in [6, 6.07) is 10.8. The third-order valence-electron chi connectivity index (χ3n) is 4.17. The molecule has 0 radical (unpaired) electrons. The maximum atomic E-state index is 13.9. The van der Waals surface area contributed by atoms with Crippen LogP contribution in [0.5, 0.6) is 0 Å². The molecule has 0 saturated carbocycles. The molecule has 146 valence electrons. The summed E-state index contributed by atoms with van der Waals surface area (Å²) in [5.74, 6) is -2.08. The van der Waals surface area contributed by atoms with Crippen LogP contribution in [0.4, 0.5) is 19.3 Å². The van der Waals surface area contributed by atoms with Gasteiger partial charge in [-0.05, 0) is 24.6 Å². The van der Waals surface area contributed by atoms with Gasteiger partial charge >= 0.3 is 12.0 Å². The van der Waals surface area contributed by atoms with Gasteiger partial charge in [0.2, 0.25) is 0 Å². The van der Waals surface area contributed by atoms with Crippen molar-refractivity contribution in [1.82, 2.24) is 10.6 Å². The van der Waals surface area contributed by atoms with Crippen molar-refractivity contribution in [2.45, 2.75) is 13.0 Å². The van der Waals surface area contributed by atoms with E-state index >= 15 is 0 Å². The Hall–Kier alpha value is -3.42. The Kier molecular flexibility index (Phi) is 5.88. The normalized spacial score (nSPS) is 16.2. The summed E-state index contributed by atoms with van der Waals surface area (Å²) in [5, 5.41) is 8.06. The average molecular weight is 387 g/mol. The molecule has 1 heterocycles. The number of hydrogen-bond donors (Lipinski definition) is 3. The second kappa shape index (κ2) is 8.51. The molecule has 1 atom stereocenters. The zero-order valence-electron chi connectivity index (χ0n) is 15.1. The minimum absolute atomic E-state index is 0.0427. The number of esters is 1. The van der Waals surface area contributed by atoms with E-state index in [2.05, 4.69) is 16.0 Å². The maximum Gasteiger partial charge on any atom is 0.338 e. The van der Waals surface area contributed by atoms with Gasteiger partial charge in [0.25, 0.3) is 0 Å². The molecule has 6 nitrogen and oxygen atoms in total. The highest BCUT2D eigenvalue weighted by Crippen LogP contribution is 2.28. The predicted molar refractivity (Wildman–Crippen MR) is 99.4 cm³/mol.